The van der Waals surface area contributed by atoms with Crippen molar-refractivity contribution in [2.75, 3.05) is 6.54 Å². The van der Waals surface area contributed by atoms with Crippen LogP contribution in [0.4, 0.5) is 4.79 Å². The molecule has 2 amide bonds. The molecule has 2 atom stereocenters. The topological polar surface area (TPSA) is 49.6 Å². The second-order valence-electron chi connectivity index (χ2n) is 4.06. The summed E-state index contributed by atoms with van der Waals surface area (Å²) in [5, 5.41) is 3.79. The van der Waals surface area contributed by atoms with Crippen LogP contribution in [-0.4, -0.2) is 34.7 Å². The van der Waals surface area contributed by atoms with Gasteiger partial charge in [-0.15, -0.1) is 0 Å². The van der Waals surface area contributed by atoms with Crippen molar-refractivity contribution in [1.82, 2.24) is 10.0 Å². The lowest BCUT2D eigenvalue weighted by atomic mass is 9.99. The summed E-state index contributed by atoms with van der Waals surface area (Å²) < 4.78 is 0. The SMILES string of the molecule is CCN(C(N)=O)N1C(C)CCCC1C. The predicted octanol–water partition coefficient (Wildman–Crippen LogP) is 1.56. The second kappa shape index (κ2) is 4.64. The van der Waals surface area contributed by atoms with Crippen LogP contribution in [0.5, 0.6) is 0 Å². The molecule has 1 rings (SSSR count). The number of nitrogens with two attached hydrogens (primary N) is 1. The molecule has 2 N–H and O–H groups in total. The first kappa shape index (κ1) is 11.3. The molecule has 0 radical (unpaired) electrons. The zero-order valence-corrected chi connectivity index (χ0v) is 9.36. The van der Waals surface area contributed by atoms with Gasteiger partial charge in [0.2, 0.25) is 0 Å². The van der Waals surface area contributed by atoms with Crippen molar-refractivity contribution in [3.8, 4) is 0 Å². The van der Waals surface area contributed by atoms with Gasteiger partial charge in [-0.05, 0) is 33.6 Å². The Kier molecular flexibility index (Phi) is 3.75. The molecule has 14 heavy (non-hydrogen) atoms. The molecule has 0 aliphatic carbocycles. The maximum Gasteiger partial charge on any atom is 0.329 e. The van der Waals surface area contributed by atoms with Crippen LogP contribution in [0.2, 0.25) is 0 Å². The molecular weight excluding hydrogens is 178 g/mol. The number of hydrazine groups is 1. The number of hydrogen-bond acceptors (Lipinski definition) is 2. The van der Waals surface area contributed by atoms with Crippen LogP contribution in [-0.2, 0) is 0 Å². The molecule has 0 saturated carbocycles. The zero-order chi connectivity index (χ0) is 10.7. The van der Waals surface area contributed by atoms with Gasteiger partial charge in [-0.3, -0.25) is 5.01 Å². The lowest BCUT2D eigenvalue weighted by Gasteiger charge is -2.44. The van der Waals surface area contributed by atoms with Gasteiger partial charge in [0.05, 0.1) is 0 Å². The van der Waals surface area contributed by atoms with E-state index < -0.39 is 0 Å². The fraction of sp³-hybridized carbons (Fsp3) is 0.900. The van der Waals surface area contributed by atoms with Crippen LogP contribution in [0.1, 0.15) is 40.0 Å². The third-order valence-corrected chi connectivity index (χ3v) is 2.98. The van der Waals surface area contributed by atoms with Crippen LogP contribution in [0.25, 0.3) is 0 Å². The Bertz CT molecular complexity index is 198. The molecule has 1 heterocycles. The number of rotatable bonds is 2. The summed E-state index contributed by atoms with van der Waals surface area (Å²) >= 11 is 0. The van der Waals surface area contributed by atoms with Crippen LogP contribution in [0, 0.1) is 0 Å². The van der Waals surface area contributed by atoms with Crippen molar-refractivity contribution in [2.24, 2.45) is 5.73 Å². The number of hydrogen-bond donors (Lipinski definition) is 1. The van der Waals surface area contributed by atoms with Crippen molar-refractivity contribution in [2.45, 2.75) is 52.1 Å². The first-order valence-corrected chi connectivity index (χ1v) is 5.43. The zero-order valence-electron chi connectivity index (χ0n) is 9.36. The Morgan fingerprint density at radius 1 is 1.43 bits per heavy atom. The van der Waals surface area contributed by atoms with Gasteiger partial charge in [-0.25, -0.2) is 9.80 Å². The summed E-state index contributed by atoms with van der Waals surface area (Å²) in [7, 11) is 0. The lowest BCUT2D eigenvalue weighted by Crippen LogP contribution is -2.57. The highest BCUT2D eigenvalue weighted by atomic mass is 16.2. The molecule has 0 bridgehead atoms. The minimum Gasteiger partial charge on any atom is -0.350 e. The van der Waals surface area contributed by atoms with Crippen LogP contribution in [0.15, 0.2) is 0 Å². The molecule has 0 aromatic heterocycles. The number of nitrogens with zero attached hydrogens (tertiary/aromatic N) is 2. The Morgan fingerprint density at radius 2 is 1.93 bits per heavy atom. The van der Waals surface area contributed by atoms with Gasteiger partial charge >= 0.3 is 6.03 Å². The summed E-state index contributed by atoms with van der Waals surface area (Å²) in [6.45, 7) is 6.92. The number of primary amides is 1. The van der Waals surface area contributed by atoms with Gasteiger partial charge in [0, 0.05) is 18.6 Å². The molecule has 1 aliphatic heterocycles. The fourth-order valence-corrected chi connectivity index (χ4v) is 2.32. The van der Waals surface area contributed by atoms with E-state index in [9.17, 15) is 4.79 Å². The molecular formula is C10H21N3O. The summed E-state index contributed by atoms with van der Waals surface area (Å²) in [6, 6.07) is 0.505. The van der Waals surface area contributed by atoms with Gasteiger partial charge in [-0.1, -0.05) is 6.42 Å². The highest BCUT2D eigenvalue weighted by molar-refractivity contribution is 5.71. The van der Waals surface area contributed by atoms with E-state index in [2.05, 4.69) is 18.9 Å². The Hall–Kier alpha value is -0.770. The maximum atomic E-state index is 11.2. The third-order valence-electron chi connectivity index (χ3n) is 2.98. The van der Waals surface area contributed by atoms with Gasteiger partial charge in [0.25, 0.3) is 0 Å². The molecule has 0 aromatic carbocycles. The van der Waals surface area contributed by atoms with E-state index in [1.165, 1.54) is 6.42 Å². The van der Waals surface area contributed by atoms with E-state index in [4.69, 9.17) is 5.73 Å². The van der Waals surface area contributed by atoms with Gasteiger partial charge in [-0.2, -0.15) is 0 Å². The van der Waals surface area contributed by atoms with Gasteiger partial charge in [0.15, 0.2) is 0 Å². The normalized spacial score (nSPS) is 28.8. The van der Waals surface area contributed by atoms with E-state index in [-0.39, 0.29) is 6.03 Å². The summed E-state index contributed by atoms with van der Waals surface area (Å²) in [5.41, 5.74) is 5.35. The number of carbonyl (C=O) groups excluding carboxylic acids is 1. The van der Waals surface area contributed by atoms with Crippen molar-refractivity contribution in [3.05, 3.63) is 0 Å². The maximum absolute atomic E-state index is 11.2. The molecule has 82 valence electrons. The molecule has 4 nitrogen and oxygen atoms in total. The van der Waals surface area contributed by atoms with Gasteiger partial charge in [0.1, 0.15) is 0 Å². The molecule has 1 aliphatic rings. The van der Waals surface area contributed by atoms with E-state index in [0.717, 1.165) is 12.8 Å². The van der Waals surface area contributed by atoms with E-state index in [1.54, 1.807) is 5.01 Å². The summed E-state index contributed by atoms with van der Waals surface area (Å²) in [5.74, 6) is 0. The number of urea groups is 1. The third kappa shape index (κ3) is 2.18. The molecule has 1 fully saturated rings. The molecule has 4 heteroatoms. The second-order valence-corrected chi connectivity index (χ2v) is 4.06. The highest BCUT2D eigenvalue weighted by Crippen LogP contribution is 2.23. The minimum atomic E-state index is -0.340. The van der Waals surface area contributed by atoms with Crippen LogP contribution in [0.3, 0.4) is 0 Å². The first-order chi connectivity index (χ1) is 6.57. The molecule has 0 aromatic rings. The Morgan fingerprint density at radius 3 is 2.29 bits per heavy atom. The first-order valence-electron chi connectivity index (χ1n) is 5.43. The molecule has 0 spiro atoms. The van der Waals surface area contributed by atoms with Crippen LogP contribution < -0.4 is 5.73 Å². The number of amides is 2. The van der Waals surface area contributed by atoms with Crippen molar-refractivity contribution < 1.29 is 4.79 Å². The lowest BCUT2D eigenvalue weighted by molar-refractivity contribution is -0.0655. The predicted molar refractivity (Wildman–Crippen MR) is 56.6 cm³/mol. The average molecular weight is 199 g/mol. The van der Waals surface area contributed by atoms with E-state index in [0.29, 0.717) is 18.6 Å². The largest absolute Gasteiger partial charge is 0.350 e. The molecule has 2 unspecified atom stereocenters. The van der Waals surface area contributed by atoms with Gasteiger partial charge < -0.3 is 5.73 Å². The summed E-state index contributed by atoms with van der Waals surface area (Å²) in [6.07, 6.45) is 3.54. The van der Waals surface area contributed by atoms with Crippen molar-refractivity contribution in [3.63, 3.8) is 0 Å². The minimum absolute atomic E-state index is 0.340. The van der Waals surface area contributed by atoms with Crippen molar-refractivity contribution >= 4 is 6.03 Å². The Labute approximate surface area is 86.0 Å². The van der Waals surface area contributed by atoms with E-state index >= 15 is 0 Å². The highest BCUT2D eigenvalue weighted by Gasteiger charge is 2.30. The fourth-order valence-electron chi connectivity index (χ4n) is 2.32. The van der Waals surface area contributed by atoms with Crippen LogP contribution >= 0.6 is 0 Å². The summed E-state index contributed by atoms with van der Waals surface area (Å²) in [4.78, 5) is 11.2. The molecule has 1 saturated heterocycles. The van der Waals surface area contributed by atoms with E-state index in [1.807, 2.05) is 6.92 Å². The average Bonchev–Trinajstić information content (AvgIpc) is 2.10. The number of carbonyl (C=O) groups is 1. The standard InChI is InChI=1S/C10H21N3O/c1-4-12(10(11)14)13-8(2)6-5-7-9(13)3/h8-9H,4-7H2,1-3H3,(H2,11,14). The van der Waals surface area contributed by atoms with Crippen molar-refractivity contribution in [1.29, 1.82) is 0 Å². The monoisotopic (exact) mass is 199 g/mol. The number of piperidine rings is 1. The quantitative estimate of drug-likeness (QED) is 0.733. The Balaban J connectivity index is 2.74. The smallest absolute Gasteiger partial charge is 0.329 e.